The number of aliphatic hydroxyl groups excluding tert-OH is 1. The van der Waals surface area contributed by atoms with Crippen LogP contribution in [-0.2, 0) is 6.54 Å². The normalized spacial score (nSPS) is 12.0. The molecule has 3 rings (SSSR count). The Kier molecular flexibility index (Phi) is 6.20. The lowest BCUT2D eigenvalue weighted by Crippen LogP contribution is -2.30. The highest BCUT2D eigenvalue weighted by atomic mass is 35.5. The molecule has 2 aromatic heterocycles. The lowest BCUT2D eigenvalue weighted by molar-refractivity contribution is 0.0919. The maximum Gasteiger partial charge on any atom is 0.295 e. The Balaban J connectivity index is 2.17. The topological polar surface area (TPSA) is 88.6 Å². The molecule has 29 heavy (non-hydrogen) atoms. The number of carbonyl (C=O) groups excluding carboxylic acids is 1. The number of allylic oxidation sites excluding steroid dienone is 2. The maximum atomic E-state index is 13.2. The second-order valence-electron chi connectivity index (χ2n) is 7.11. The minimum absolute atomic E-state index is 0.0996. The number of benzene rings is 1. The van der Waals surface area contributed by atoms with Gasteiger partial charge in [-0.25, -0.2) is 4.98 Å². The van der Waals surface area contributed by atoms with Crippen molar-refractivity contribution in [3.05, 3.63) is 69.4 Å². The molecular formula is C21H23ClN4O3. The van der Waals surface area contributed by atoms with Crippen molar-refractivity contribution < 1.29 is 9.90 Å². The van der Waals surface area contributed by atoms with Gasteiger partial charge in [0.25, 0.3) is 11.5 Å². The summed E-state index contributed by atoms with van der Waals surface area (Å²) in [5.74, 6) is -0.454. The molecule has 1 atom stereocenters. The molecule has 3 aromatic rings. The van der Waals surface area contributed by atoms with Crippen LogP contribution in [-0.4, -0.2) is 37.6 Å². The van der Waals surface area contributed by atoms with E-state index < -0.39 is 12.0 Å². The standard InChI is InChI=1S/C21H23ClN4O3/c1-13(2)8-9-26-18(15-6-4-5-7-16(15)22)12-25-11-17(24-19(25)21(26)29)20(28)23-10-14(3)27/h4-8,11-12,14,27H,9-10H2,1-3H3,(H,23,28)/t14-/m0/s1. The van der Waals surface area contributed by atoms with E-state index >= 15 is 0 Å². The number of rotatable bonds is 6. The van der Waals surface area contributed by atoms with Crippen LogP contribution in [0.15, 0.2) is 53.1 Å². The molecular weight excluding hydrogens is 392 g/mol. The third-order valence-corrected chi connectivity index (χ3v) is 4.67. The number of aliphatic hydroxyl groups is 1. The van der Waals surface area contributed by atoms with Crippen molar-refractivity contribution in [3.8, 4) is 11.3 Å². The molecule has 0 saturated carbocycles. The van der Waals surface area contributed by atoms with Gasteiger partial charge in [0.05, 0.1) is 11.8 Å². The minimum Gasteiger partial charge on any atom is -0.392 e. The molecule has 1 amide bonds. The lowest BCUT2D eigenvalue weighted by Gasteiger charge is -2.13. The lowest BCUT2D eigenvalue weighted by atomic mass is 10.1. The van der Waals surface area contributed by atoms with Crippen molar-refractivity contribution in [1.82, 2.24) is 19.3 Å². The number of hydrogen-bond donors (Lipinski definition) is 2. The average molecular weight is 415 g/mol. The predicted molar refractivity (Wildman–Crippen MR) is 113 cm³/mol. The van der Waals surface area contributed by atoms with Crippen molar-refractivity contribution in [2.45, 2.75) is 33.4 Å². The van der Waals surface area contributed by atoms with Gasteiger partial charge >= 0.3 is 0 Å². The molecule has 152 valence electrons. The molecule has 7 nitrogen and oxygen atoms in total. The zero-order valence-electron chi connectivity index (χ0n) is 16.5. The zero-order valence-corrected chi connectivity index (χ0v) is 17.3. The van der Waals surface area contributed by atoms with Crippen molar-refractivity contribution in [2.24, 2.45) is 0 Å². The Hall–Kier alpha value is -2.90. The van der Waals surface area contributed by atoms with Crippen LogP contribution in [0.4, 0.5) is 0 Å². The van der Waals surface area contributed by atoms with Crippen LogP contribution in [0.2, 0.25) is 5.02 Å². The van der Waals surface area contributed by atoms with Gasteiger partial charge in [-0.15, -0.1) is 0 Å². The smallest absolute Gasteiger partial charge is 0.295 e. The van der Waals surface area contributed by atoms with E-state index in [0.29, 0.717) is 22.8 Å². The van der Waals surface area contributed by atoms with Crippen LogP contribution in [0.25, 0.3) is 16.9 Å². The number of carbonyl (C=O) groups is 1. The highest BCUT2D eigenvalue weighted by molar-refractivity contribution is 6.33. The molecule has 1 aromatic carbocycles. The van der Waals surface area contributed by atoms with Gasteiger partial charge < -0.3 is 10.4 Å². The molecule has 0 aliphatic rings. The molecule has 0 unspecified atom stereocenters. The van der Waals surface area contributed by atoms with E-state index in [1.807, 2.05) is 38.1 Å². The van der Waals surface area contributed by atoms with Gasteiger partial charge in [0, 0.05) is 36.1 Å². The fourth-order valence-electron chi connectivity index (χ4n) is 2.86. The number of fused-ring (bicyclic) bond motifs is 1. The number of halogens is 1. The fourth-order valence-corrected chi connectivity index (χ4v) is 3.09. The summed E-state index contributed by atoms with van der Waals surface area (Å²) in [6.45, 7) is 5.94. The Morgan fingerprint density at radius 2 is 2.03 bits per heavy atom. The third kappa shape index (κ3) is 4.58. The van der Waals surface area contributed by atoms with Crippen LogP contribution in [0.1, 0.15) is 31.3 Å². The van der Waals surface area contributed by atoms with Crippen LogP contribution in [0, 0.1) is 0 Å². The Morgan fingerprint density at radius 1 is 1.31 bits per heavy atom. The van der Waals surface area contributed by atoms with Crippen LogP contribution < -0.4 is 10.9 Å². The first-order valence-electron chi connectivity index (χ1n) is 9.25. The Morgan fingerprint density at radius 3 is 2.69 bits per heavy atom. The molecule has 0 fully saturated rings. The number of nitrogens with one attached hydrogen (secondary N) is 1. The van der Waals surface area contributed by atoms with Gasteiger partial charge in [-0.3, -0.25) is 18.6 Å². The van der Waals surface area contributed by atoms with Crippen molar-refractivity contribution >= 4 is 23.2 Å². The largest absolute Gasteiger partial charge is 0.392 e. The monoisotopic (exact) mass is 414 g/mol. The van der Waals surface area contributed by atoms with E-state index in [0.717, 1.165) is 5.57 Å². The quantitative estimate of drug-likeness (QED) is 0.607. The molecule has 0 aliphatic heterocycles. The number of hydrogen-bond acceptors (Lipinski definition) is 4. The summed E-state index contributed by atoms with van der Waals surface area (Å²) in [7, 11) is 0. The molecule has 8 heteroatoms. The molecule has 0 spiro atoms. The van der Waals surface area contributed by atoms with E-state index in [-0.39, 0.29) is 23.4 Å². The Bertz CT molecular complexity index is 1140. The summed E-state index contributed by atoms with van der Waals surface area (Å²) in [5.41, 5.74) is 2.33. The highest BCUT2D eigenvalue weighted by Gasteiger charge is 2.18. The summed E-state index contributed by atoms with van der Waals surface area (Å²) >= 11 is 6.38. The highest BCUT2D eigenvalue weighted by Crippen LogP contribution is 2.27. The van der Waals surface area contributed by atoms with Crippen LogP contribution in [0.3, 0.4) is 0 Å². The third-order valence-electron chi connectivity index (χ3n) is 4.34. The number of aromatic nitrogens is 3. The minimum atomic E-state index is -0.677. The summed E-state index contributed by atoms with van der Waals surface area (Å²) in [5, 5.41) is 12.5. The predicted octanol–water partition coefficient (Wildman–Crippen LogP) is 2.89. The zero-order chi connectivity index (χ0) is 21.1. The van der Waals surface area contributed by atoms with Crippen molar-refractivity contribution in [2.75, 3.05) is 6.54 Å². The van der Waals surface area contributed by atoms with Gasteiger partial charge in [0.2, 0.25) is 5.65 Å². The van der Waals surface area contributed by atoms with E-state index in [4.69, 9.17) is 11.6 Å². The van der Waals surface area contributed by atoms with E-state index in [1.54, 1.807) is 23.8 Å². The van der Waals surface area contributed by atoms with E-state index in [1.165, 1.54) is 10.6 Å². The Labute approximate surface area is 173 Å². The summed E-state index contributed by atoms with van der Waals surface area (Å²) < 4.78 is 3.13. The van der Waals surface area contributed by atoms with Gasteiger partial charge in [-0.05, 0) is 26.8 Å². The number of nitrogens with zero attached hydrogens (tertiary/aromatic N) is 3. The van der Waals surface area contributed by atoms with Crippen LogP contribution >= 0.6 is 11.6 Å². The first-order valence-corrected chi connectivity index (χ1v) is 9.62. The molecule has 0 radical (unpaired) electrons. The number of imidazole rings is 1. The average Bonchev–Trinajstić information content (AvgIpc) is 3.10. The second kappa shape index (κ2) is 8.63. The second-order valence-corrected chi connectivity index (χ2v) is 7.51. The van der Waals surface area contributed by atoms with E-state index in [2.05, 4.69) is 10.3 Å². The number of amides is 1. The fraction of sp³-hybridized carbons (Fsp3) is 0.286. The summed E-state index contributed by atoms with van der Waals surface area (Å²) in [6.07, 6.45) is 4.51. The molecule has 2 N–H and O–H groups in total. The SMILES string of the molecule is CC(C)=CCn1c(-c2ccccc2Cl)cn2cc(C(=O)NC[C@H](C)O)nc2c1=O. The molecule has 0 aliphatic carbocycles. The molecule has 0 bridgehead atoms. The van der Waals surface area contributed by atoms with Crippen molar-refractivity contribution in [1.29, 1.82) is 0 Å². The van der Waals surface area contributed by atoms with Gasteiger partial charge in [-0.1, -0.05) is 41.4 Å². The van der Waals surface area contributed by atoms with Gasteiger partial charge in [0.1, 0.15) is 5.69 Å². The summed E-state index contributed by atoms with van der Waals surface area (Å²) in [4.78, 5) is 29.7. The van der Waals surface area contributed by atoms with Crippen molar-refractivity contribution in [3.63, 3.8) is 0 Å². The maximum absolute atomic E-state index is 13.2. The van der Waals surface area contributed by atoms with Crippen LogP contribution in [0.5, 0.6) is 0 Å². The molecule has 0 saturated heterocycles. The first-order chi connectivity index (χ1) is 13.8. The van der Waals surface area contributed by atoms with E-state index in [9.17, 15) is 14.7 Å². The van der Waals surface area contributed by atoms with Gasteiger partial charge in [-0.2, -0.15) is 0 Å². The molecule has 2 heterocycles. The van der Waals surface area contributed by atoms with Gasteiger partial charge in [0.15, 0.2) is 0 Å². The first kappa shape index (κ1) is 20.8. The summed E-state index contributed by atoms with van der Waals surface area (Å²) in [6, 6.07) is 7.28.